The third-order valence-corrected chi connectivity index (χ3v) is 3.26. The second-order valence-electron chi connectivity index (χ2n) is 4.19. The van der Waals surface area contributed by atoms with Crippen LogP contribution in [0.15, 0.2) is 18.2 Å². The molecule has 0 bridgehead atoms. The molecule has 3 heteroatoms. The number of rotatable bonds is 3. The van der Waals surface area contributed by atoms with Crippen LogP contribution in [0.1, 0.15) is 19.4 Å². The van der Waals surface area contributed by atoms with E-state index in [0.29, 0.717) is 29.0 Å². The van der Waals surface area contributed by atoms with Crippen LogP contribution in [-0.2, 0) is 11.2 Å². The Labute approximate surface area is 94.2 Å². The number of hydrogen-bond donors (Lipinski definition) is 0. The maximum atomic E-state index is 13.5. The Balaban J connectivity index is 2.10. The van der Waals surface area contributed by atoms with Crippen LogP contribution in [0.25, 0.3) is 0 Å². The topological polar surface area (TPSA) is 12.5 Å². The van der Waals surface area contributed by atoms with Gasteiger partial charge in [0, 0.05) is 10.6 Å². The highest BCUT2D eigenvalue weighted by atomic mass is 35.5. The van der Waals surface area contributed by atoms with Gasteiger partial charge in [0.1, 0.15) is 5.82 Å². The molecule has 0 amide bonds. The Morgan fingerprint density at radius 2 is 2.20 bits per heavy atom. The van der Waals surface area contributed by atoms with Gasteiger partial charge in [0.15, 0.2) is 0 Å². The first kappa shape index (κ1) is 10.9. The van der Waals surface area contributed by atoms with Crippen molar-refractivity contribution in [1.29, 1.82) is 0 Å². The Kier molecular flexibility index (Phi) is 2.98. The summed E-state index contributed by atoms with van der Waals surface area (Å²) in [5.74, 6) is 0.0945. The van der Waals surface area contributed by atoms with Gasteiger partial charge >= 0.3 is 0 Å². The number of halogens is 2. The van der Waals surface area contributed by atoms with Crippen LogP contribution in [-0.4, -0.2) is 12.2 Å². The van der Waals surface area contributed by atoms with Crippen LogP contribution in [0.2, 0.25) is 5.02 Å². The molecule has 0 saturated carbocycles. The van der Waals surface area contributed by atoms with E-state index in [-0.39, 0.29) is 11.9 Å². The monoisotopic (exact) mass is 228 g/mol. The van der Waals surface area contributed by atoms with E-state index in [2.05, 4.69) is 6.92 Å². The first-order valence-electron chi connectivity index (χ1n) is 5.18. The van der Waals surface area contributed by atoms with E-state index >= 15 is 0 Å². The van der Waals surface area contributed by atoms with Crippen LogP contribution in [0.5, 0.6) is 0 Å². The van der Waals surface area contributed by atoms with Crippen molar-refractivity contribution in [3.8, 4) is 0 Å². The van der Waals surface area contributed by atoms with Crippen molar-refractivity contribution in [2.45, 2.75) is 32.5 Å². The van der Waals surface area contributed by atoms with E-state index in [9.17, 15) is 4.39 Å². The molecule has 1 nitrogen and oxygen atoms in total. The lowest BCUT2D eigenvalue weighted by molar-refractivity contribution is 0.326. The maximum Gasteiger partial charge on any atom is 0.127 e. The van der Waals surface area contributed by atoms with Gasteiger partial charge in [-0.25, -0.2) is 4.39 Å². The molecule has 1 fully saturated rings. The Hall–Kier alpha value is -0.600. The average molecular weight is 229 g/mol. The highest BCUT2D eigenvalue weighted by molar-refractivity contribution is 6.31. The lowest BCUT2D eigenvalue weighted by Crippen LogP contribution is -2.10. The van der Waals surface area contributed by atoms with Gasteiger partial charge in [0.25, 0.3) is 0 Å². The molecule has 0 radical (unpaired) electrons. The molecule has 1 aliphatic rings. The molecular formula is C12H14ClFO. The minimum absolute atomic E-state index is 0.220. The third-order valence-electron chi connectivity index (χ3n) is 2.91. The molecule has 3 unspecified atom stereocenters. The quantitative estimate of drug-likeness (QED) is 0.722. The summed E-state index contributed by atoms with van der Waals surface area (Å²) >= 11 is 5.95. The van der Waals surface area contributed by atoms with Crippen LogP contribution < -0.4 is 0 Å². The third kappa shape index (κ3) is 2.32. The Morgan fingerprint density at radius 3 is 2.73 bits per heavy atom. The van der Waals surface area contributed by atoms with Gasteiger partial charge in [-0.05, 0) is 31.4 Å². The first-order chi connectivity index (χ1) is 7.09. The molecule has 1 saturated heterocycles. The summed E-state index contributed by atoms with van der Waals surface area (Å²) in [6.07, 6.45) is 1.21. The van der Waals surface area contributed by atoms with Crippen LogP contribution in [0.4, 0.5) is 4.39 Å². The molecule has 3 atom stereocenters. The number of epoxide rings is 1. The van der Waals surface area contributed by atoms with Gasteiger partial charge in [-0.3, -0.25) is 0 Å². The molecular weight excluding hydrogens is 215 g/mol. The summed E-state index contributed by atoms with van der Waals surface area (Å²) < 4.78 is 18.8. The highest BCUT2D eigenvalue weighted by Crippen LogP contribution is 2.32. The summed E-state index contributed by atoms with van der Waals surface area (Å²) in [5, 5.41) is 0.509. The number of hydrogen-bond acceptors (Lipinski definition) is 1. The van der Waals surface area contributed by atoms with Crippen molar-refractivity contribution in [2.75, 3.05) is 0 Å². The van der Waals surface area contributed by atoms with Gasteiger partial charge in [0.05, 0.1) is 12.2 Å². The SMILES string of the molecule is CC(Cc1c(F)cccc1Cl)C1OC1C. The van der Waals surface area contributed by atoms with Gasteiger partial charge < -0.3 is 4.74 Å². The Morgan fingerprint density at radius 1 is 1.53 bits per heavy atom. The van der Waals surface area contributed by atoms with E-state index in [1.165, 1.54) is 6.07 Å². The zero-order chi connectivity index (χ0) is 11.0. The molecule has 1 aromatic rings. The second kappa shape index (κ2) is 4.11. The summed E-state index contributed by atoms with van der Waals surface area (Å²) in [7, 11) is 0. The molecule has 15 heavy (non-hydrogen) atoms. The minimum atomic E-state index is -0.220. The van der Waals surface area contributed by atoms with Crippen molar-refractivity contribution >= 4 is 11.6 Å². The minimum Gasteiger partial charge on any atom is -0.370 e. The molecule has 0 aliphatic carbocycles. The zero-order valence-corrected chi connectivity index (χ0v) is 9.59. The van der Waals surface area contributed by atoms with E-state index in [1.54, 1.807) is 12.1 Å². The van der Waals surface area contributed by atoms with Crippen molar-refractivity contribution in [2.24, 2.45) is 5.92 Å². The highest BCUT2D eigenvalue weighted by Gasteiger charge is 2.39. The predicted octanol–water partition coefficient (Wildman–Crippen LogP) is 3.45. The fourth-order valence-corrected chi connectivity index (χ4v) is 2.20. The molecule has 1 aliphatic heterocycles. The van der Waals surface area contributed by atoms with Gasteiger partial charge in [0.2, 0.25) is 0 Å². The predicted molar refractivity (Wildman–Crippen MR) is 58.6 cm³/mol. The first-order valence-corrected chi connectivity index (χ1v) is 5.55. The van der Waals surface area contributed by atoms with Crippen molar-refractivity contribution in [3.63, 3.8) is 0 Å². The van der Waals surface area contributed by atoms with Gasteiger partial charge in [-0.1, -0.05) is 24.6 Å². The van der Waals surface area contributed by atoms with Crippen LogP contribution >= 0.6 is 11.6 Å². The average Bonchev–Trinajstić information content (AvgIpc) is 2.89. The van der Waals surface area contributed by atoms with Gasteiger partial charge in [-0.15, -0.1) is 0 Å². The summed E-state index contributed by atoms with van der Waals surface area (Å²) in [6, 6.07) is 4.80. The fourth-order valence-electron chi connectivity index (χ4n) is 1.96. The van der Waals surface area contributed by atoms with Crippen LogP contribution in [0, 0.1) is 11.7 Å². The molecule has 82 valence electrons. The fraction of sp³-hybridized carbons (Fsp3) is 0.500. The summed E-state index contributed by atoms with van der Waals surface area (Å²) in [6.45, 7) is 4.10. The largest absolute Gasteiger partial charge is 0.370 e. The lowest BCUT2D eigenvalue weighted by atomic mass is 9.96. The molecule has 2 rings (SSSR count). The van der Waals surface area contributed by atoms with Crippen LogP contribution in [0.3, 0.4) is 0 Å². The summed E-state index contributed by atoms with van der Waals surface area (Å²) in [5.41, 5.74) is 0.606. The van der Waals surface area contributed by atoms with Crippen molar-refractivity contribution in [1.82, 2.24) is 0 Å². The number of benzene rings is 1. The van der Waals surface area contributed by atoms with E-state index < -0.39 is 0 Å². The maximum absolute atomic E-state index is 13.5. The standard InChI is InChI=1S/C12H14ClFO/c1-7(12-8(2)15-12)6-9-10(13)4-3-5-11(9)14/h3-5,7-8,12H,6H2,1-2H3. The smallest absolute Gasteiger partial charge is 0.127 e. The molecule has 0 aromatic heterocycles. The molecule has 0 spiro atoms. The van der Waals surface area contributed by atoms with Crippen molar-refractivity contribution < 1.29 is 9.13 Å². The van der Waals surface area contributed by atoms with E-state index in [0.717, 1.165) is 0 Å². The normalized spacial score (nSPS) is 26.4. The number of ether oxygens (including phenoxy) is 1. The van der Waals surface area contributed by atoms with E-state index in [1.807, 2.05) is 6.92 Å². The van der Waals surface area contributed by atoms with Gasteiger partial charge in [-0.2, -0.15) is 0 Å². The molecule has 0 N–H and O–H groups in total. The van der Waals surface area contributed by atoms with E-state index in [4.69, 9.17) is 16.3 Å². The second-order valence-corrected chi connectivity index (χ2v) is 4.59. The lowest BCUT2D eigenvalue weighted by Gasteiger charge is -2.10. The zero-order valence-electron chi connectivity index (χ0n) is 8.84. The summed E-state index contributed by atoms with van der Waals surface area (Å²) in [4.78, 5) is 0. The van der Waals surface area contributed by atoms with Crippen molar-refractivity contribution in [3.05, 3.63) is 34.6 Å². The Bertz CT molecular complexity index is 346. The molecule has 1 heterocycles. The molecule has 1 aromatic carbocycles.